The van der Waals surface area contributed by atoms with E-state index in [1.54, 1.807) is 0 Å². The van der Waals surface area contributed by atoms with Gasteiger partial charge in [-0.1, -0.05) is 0 Å². The molecule has 1 aromatic rings. The van der Waals surface area contributed by atoms with E-state index in [-0.39, 0.29) is 22.0 Å². The largest absolute Gasteiger partial charge is 0.495 e. The molecule has 0 aliphatic heterocycles. The zero-order chi connectivity index (χ0) is 12.3. The van der Waals surface area contributed by atoms with Crippen LogP contribution in [-0.4, -0.2) is 22.6 Å². The second kappa shape index (κ2) is 4.60. The molecule has 0 amide bonds. The first-order valence-corrected chi connectivity index (χ1v) is 6.35. The average molecular weight is 262 g/mol. The topological polar surface area (TPSA) is 76.4 Å². The fourth-order valence-corrected chi connectivity index (χ4v) is 2.14. The molecule has 0 N–H and O–H groups in total. The molecule has 0 bridgehead atoms. The summed E-state index contributed by atoms with van der Waals surface area (Å²) in [5.74, 6) is 0.134. The molecule has 0 aromatic heterocycles. The summed E-state index contributed by atoms with van der Waals surface area (Å²) >= 11 is 0. The number of rotatable bonds is 3. The molecule has 0 saturated heterocycles. The van der Waals surface area contributed by atoms with E-state index in [0.29, 0.717) is 0 Å². The minimum atomic E-state index is -3.95. The summed E-state index contributed by atoms with van der Waals surface area (Å²) < 4.78 is 32.2. The molecule has 1 rings (SSSR count). The Morgan fingerprint density at radius 3 is 2.19 bits per heavy atom. The third-order valence-electron chi connectivity index (χ3n) is 1.87. The molecule has 1 aromatic carbocycles. The fourth-order valence-electron chi connectivity index (χ4n) is 1.15. The number of ether oxygens (including phenoxy) is 2. The summed E-state index contributed by atoms with van der Waals surface area (Å²) in [5.41, 5.74) is 0.170. The summed E-state index contributed by atoms with van der Waals surface area (Å²) in [6, 6.07) is 4.27. The van der Waals surface area contributed by atoms with Crippen molar-refractivity contribution in [2.45, 2.75) is 4.90 Å². The Balaban J connectivity index is 3.58. The molecule has 0 radical (unpaired) electrons. The molecule has 0 saturated carbocycles. The standard InChI is InChI=1S/C9H8ClNO4S/c1-14-7-4-9(16(10,12)13)8(15-2)3-6(7)5-11/h3-4H,1-2H3. The summed E-state index contributed by atoms with van der Waals surface area (Å²) in [6.45, 7) is 0. The van der Waals surface area contributed by atoms with Crippen molar-refractivity contribution in [2.75, 3.05) is 14.2 Å². The Kier molecular flexibility index (Phi) is 3.62. The monoisotopic (exact) mass is 261 g/mol. The molecule has 7 heteroatoms. The zero-order valence-corrected chi connectivity index (χ0v) is 10.1. The lowest BCUT2D eigenvalue weighted by molar-refractivity contribution is 0.392. The first-order chi connectivity index (χ1) is 7.43. The van der Waals surface area contributed by atoms with E-state index < -0.39 is 9.05 Å². The van der Waals surface area contributed by atoms with Gasteiger partial charge < -0.3 is 9.47 Å². The predicted octanol–water partition coefficient (Wildman–Crippen LogP) is 1.50. The summed E-state index contributed by atoms with van der Waals surface area (Å²) in [4.78, 5) is -0.229. The van der Waals surface area contributed by atoms with Crippen LogP contribution in [0.5, 0.6) is 11.5 Å². The normalized spacial score (nSPS) is 10.6. The molecule has 0 aliphatic carbocycles. The lowest BCUT2D eigenvalue weighted by Gasteiger charge is -2.09. The Labute approximate surface area is 97.6 Å². The predicted molar refractivity (Wildman–Crippen MR) is 57.3 cm³/mol. The van der Waals surface area contributed by atoms with Gasteiger partial charge in [0.05, 0.1) is 19.8 Å². The number of nitrogens with zero attached hydrogens (tertiary/aromatic N) is 1. The third kappa shape index (κ3) is 2.38. The minimum Gasteiger partial charge on any atom is -0.495 e. The number of hydrogen-bond donors (Lipinski definition) is 0. The highest BCUT2D eigenvalue weighted by Crippen LogP contribution is 2.33. The van der Waals surface area contributed by atoms with Gasteiger partial charge >= 0.3 is 0 Å². The van der Waals surface area contributed by atoms with Crippen molar-refractivity contribution in [2.24, 2.45) is 0 Å². The molecule has 0 unspecified atom stereocenters. The van der Waals surface area contributed by atoms with Crippen molar-refractivity contribution in [1.82, 2.24) is 0 Å². The summed E-state index contributed by atoms with van der Waals surface area (Å²) in [6.07, 6.45) is 0. The van der Waals surface area contributed by atoms with Crippen molar-refractivity contribution in [3.8, 4) is 17.6 Å². The highest BCUT2D eigenvalue weighted by atomic mass is 35.7. The second-order valence-electron chi connectivity index (χ2n) is 2.75. The van der Waals surface area contributed by atoms with Crippen molar-refractivity contribution in [3.05, 3.63) is 17.7 Å². The van der Waals surface area contributed by atoms with Crippen molar-refractivity contribution in [1.29, 1.82) is 5.26 Å². The Bertz CT molecular complexity index is 547. The van der Waals surface area contributed by atoms with E-state index in [1.807, 2.05) is 6.07 Å². The van der Waals surface area contributed by atoms with E-state index in [1.165, 1.54) is 20.3 Å². The maximum absolute atomic E-state index is 11.2. The lowest BCUT2D eigenvalue weighted by Crippen LogP contribution is -1.99. The van der Waals surface area contributed by atoms with E-state index in [9.17, 15) is 8.42 Å². The average Bonchev–Trinajstić information content (AvgIpc) is 2.25. The maximum Gasteiger partial charge on any atom is 0.265 e. The Morgan fingerprint density at radius 2 is 1.81 bits per heavy atom. The van der Waals surface area contributed by atoms with Crippen LogP contribution in [0.15, 0.2) is 17.0 Å². The quantitative estimate of drug-likeness (QED) is 0.771. The maximum atomic E-state index is 11.2. The SMILES string of the molecule is COc1cc(S(=O)(=O)Cl)c(OC)cc1C#N. The van der Waals surface area contributed by atoms with E-state index in [2.05, 4.69) is 0 Å². The van der Waals surface area contributed by atoms with Crippen LogP contribution in [0.2, 0.25) is 0 Å². The Hall–Kier alpha value is -1.45. The van der Waals surface area contributed by atoms with Gasteiger partial charge in [0.15, 0.2) is 0 Å². The number of methoxy groups -OCH3 is 2. The Morgan fingerprint density at radius 1 is 1.25 bits per heavy atom. The van der Waals surface area contributed by atoms with Crippen LogP contribution in [-0.2, 0) is 9.05 Å². The van der Waals surface area contributed by atoms with Crippen LogP contribution < -0.4 is 9.47 Å². The van der Waals surface area contributed by atoms with E-state index in [0.717, 1.165) is 6.07 Å². The van der Waals surface area contributed by atoms with E-state index in [4.69, 9.17) is 25.4 Å². The highest BCUT2D eigenvalue weighted by Gasteiger charge is 2.20. The molecular formula is C9H8ClNO4S. The lowest BCUT2D eigenvalue weighted by atomic mass is 10.2. The van der Waals surface area contributed by atoms with Crippen LogP contribution >= 0.6 is 10.7 Å². The first kappa shape index (κ1) is 12.6. The van der Waals surface area contributed by atoms with Crippen molar-refractivity contribution >= 4 is 19.7 Å². The van der Waals surface area contributed by atoms with Crippen molar-refractivity contribution < 1.29 is 17.9 Å². The van der Waals surface area contributed by atoms with Crippen LogP contribution in [0, 0.1) is 11.3 Å². The molecule has 16 heavy (non-hydrogen) atoms. The van der Waals surface area contributed by atoms with Gasteiger partial charge in [-0.3, -0.25) is 0 Å². The molecule has 5 nitrogen and oxygen atoms in total. The van der Waals surface area contributed by atoms with Gasteiger partial charge in [0.2, 0.25) is 0 Å². The second-order valence-corrected chi connectivity index (χ2v) is 5.29. The molecule has 0 atom stereocenters. The molecule has 0 spiro atoms. The van der Waals surface area contributed by atoms with Gasteiger partial charge in [-0.2, -0.15) is 5.26 Å². The summed E-state index contributed by atoms with van der Waals surface area (Å²) in [7, 11) is 3.89. The number of halogens is 1. The molecule has 0 heterocycles. The van der Waals surface area contributed by atoms with Gasteiger partial charge in [0.25, 0.3) is 9.05 Å². The first-order valence-electron chi connectivity index (χ1n) is 4.04. The van der Waals surface area contributed by atoms with Gasteiger partial charge in [0, 0.05) is 22.8 Å². The number of benzene rings is 1. The van der Waals surface area contributed by atoms with Crippen LogP contribution in [0.1, 0.15) is 5.56 Å². The molecule has 86 valence electrons. The van der Waals surface area contributed by atoms with Crippen LogP contribution in [0.4, 0.5) is 0 Å². The molecule has 0 aliphatic rings. The smallest absolute Gasteiger partial charge is 0.265 e. The van der Waals surface area contributed by atoms with Crippen molar-refractivity contribution in [3.63, 3.8) is 0 Å². The molecular weight excluding hydrogens is 254 g/mol. The van der Waals surface area contributed by atoms with Crippen LogP contribution in [0.3, 0.4) is 0 Å². The van der Waals surface area contributed by atoms with E-state index >= 15 is 0 Å². The summed E-state index contributed by atoms with van der Waals surface area (Å²) in [5, 5.41) is 8.80. The van der Waals surface area contributed by atoms with Crippen LogP contribution in [0.25, 0.3) is 0 Å². The van der Waals surface area contributed by atoms with Gasteiger partial charge in [0.1, 0.15) is 22.5 Å². The van der Waals surface area contributed by atoms with Gasteiger partial charge in [-0.15, -0.1) is 0 Å². The zero-order valence-electron chi connectivity index (χ0n) is 8.52. The third-order valence-corrected chi connectivity index (χ3v) is 3.21. The number of nitriles is 1. The fraction of sp³-hybridized carbons (Fsp3) is 0.222. The van der Waals surface area contributed by atoms with Gasteiger partial charge in [-0.25, -0.2) is 8.42 Å². The minimum absolute atomic E-state index is 0.00681. The number of hydrogen-bond acceptors (Lipinski definition) is 5. The highest BCUT2D eigenvalue weighted by molar-refractivity contribution is 8.13. The van der Waals surface area contributed by atoms with Gasteiger partial charge in [-0.05, 0) is 0 Å². The molecule has 0 fully saturated rings.